The molecular weight excluding hydrogens is 336 g/mol. The highest BCUT2D eigenvalue weighted by molar-refractivity contribution is 6.10. The highest BCUT2D eigenvalue weighted by Gasteiger charge is 2.17. The molecule has 2 aromatic carbocycles. The Bertz CT molecular complexity index is 890. The number of carbonyl (C=O) groups is 1. The van der Waals surface area contributed by atoms with Crippen LogP contribution in [-0.2, 0) is 4.74 Å². The minimum Gasteiger partial charge on any atom is -0.475 e. The number of aliphatic imine (C=N–C) groups is 1. The lowest BCUT2D eigenvalue weighted by molar-refractivity contribution is 0.102. The summed E-state index contributed by atoms with van der Waals surface area (Å²) in [7, 11) is 0. The van der Waals surface area contributed by atoms with Crippen LogP contribution in [0.5, 0.6) is 0 Å². The smallest absolute Gasteiger partial charge is 0.256 e. The first-order valence-corrected chi connectivity index (χ1v) is 9.45. The highest BCUT2D eigenvalue weighted by atomic mass is 16.5. The van der Waals surface area contributed by atoms with Gasteiger partial charge >= 0.3 is 0 Å². The van der Waals surface area contributed by atoms with Gasteiger partial charge in [-0.15, -0.1) is 0 Å². The predicted molar refractivity (Wildman–Crippen MR) is 109 cm³/mol. The average Bonchev–Trinajstić information content (AvgIpc) is 3.23. The van der Waals surface area contributed by atoms with Gasteiger partial charge in [0.2, 0.25) is 5.90 Å². The molecule has 4 heteroatoms. The van der Waals surface area contributed by atoms with Crippen molar-refractivity contribution in [2.45, 2.75) is 32.6 Å². The maximum Gasteiger partial charge on any atom is 0.256 e. The van der Waals surface area contributed by atoms with Crippen molar-refractivity contribution < 1.29 is 9.53 Å². The van der Waals surface area contributed by atoms with Gasteiger partial charge in [0.15, 0.2) is 0 Å². The first-order chi connectivity index (χ1) is 13.3. The second-order valence-corrected chi connectivity index (χ2v) is 6.34. The zero-order valence-electron chi connectivity index (χ0n) is 15.6. The third kappa shape index (κ3) is 4.98. The number of nitrogens with one attached hydrogen (secondary N) is 1. The molecule has 0 atom stereocenters. The van der Waals surface area contributed by atoms with E-state index < -0.39 is 0 Å². The largest absolute Gasteiger partial charge is 0.475 e. The highest BCUT2D eigenvalue weighted by Crippen LogP contribution is 2.20. The number of para-hydroxylation sites is 1. The van der Waals surface area contributed by atoms with Crippen LogP contribution in [-0.4, -0.2) is 25.0 Å². The van der Waals surface area contributed by atoms with E-state index in [2.05, 4.69) is 29.1 Å². The van der Waals surface area contributed by atoms with Crippen molar-refractivity contribution in [3.05, 3.63) is 65.2 Å². The van der Waals surface area contributed by atoms with Gasteiger partial charge in [0.05, 0.1) is 23.4 Å². The lowest BCUT2D eigenvalue weighted by atomic mass is 10.1. The number of hydrogen-bond donors (Lipinski definition) is 1. The monoisotopic (exact) mass is 360 g/mol. The SMILES string of the molecule is CCCCCC#Cc1ccccc1C(=O)Nc1ccccc1C1=NCCO1. The fraction of sp³-hybridized carbons (Fsp3) is 0.304. The topological polar surface area (TPSA) is 50.7 Å². The lowest BCUT2D eigenvalue weighted by Crippen LogP contribution is -2.16. The van der Waals surface area contributed by atoms with Crippen LogP contribution in [0.4, 0.5) is 5.69 Å². The van der Waals surface area contributed by atoms with Gasteiger partial charge in [0.1, 0.15) is 6.61 Å². The Morgan fingerprint density at radius 3 is 2.78 bits per heavy atom. The molecule has 1 amide bonds. The van der Waals surface area contributed by atoms with Gasteiger partial charge in [0.25, 0.3) is 5.91 Å². The summed E-state index contributed by atoms with van der Waals surface area (Å²) >= 11 is 0. The van der Waals surface area contributed by atoms with E-state index in [1.165, 1.54) is 12.8 Å². The van der Waals surface area contributed by atoms with Gasteiger partial charge in [-0.05, 0) is 30.7 Å². The fourth-order valence-corrected chi connectivity index (χ4v) is 2.88. The summed E-state index contributed by atoms with van der Waals surface area (Å²) < 4.78 is 5.55. The lowest BCUT2D eigenvalue weighted by Gasteiger charge is -2.11. The summed E-state index contributed by atoms with van der Waals surface area (Å²) in [5, 5.41) is 2.99. The molecule has 1 N–H and O–H groups in total. The zero-order chi connectivity index (χ0) is 18.9. The normalized spacial score (nSPS) is 12.6. The molecule has 0 spiro atoms. The van der Waals surface area contributed by atoms with Crippen LogP contribution in [0, 0.1) is 11.8 Å². The summed E-state index contributed by atoms with van der Waals surface area (Å²) in [6.45, 7) is 3.40. The number of anilines is 1. The Labute approximate surface area is 160 Å². The standard InChI is InChI=1S/C23H24N2O2/c1-2-3-4-5-6-11-18-12-7-8-13-19(18)22(26)25-21-15-10-9-14-20(21)23-24-16-17-27-23/h7-10,12-15H,2-5,16-17H2,1H3,(H,25,26). The first-order valence-electron chi connectivity index (χ1n) is 9.45. The molecule has 4 nitrogen and oxygen atoms in total. The van der Waals surface area contributed by atoms with Crippen molar-refractivity contribution in [2.24, 2.45) is 4.99 Å². The summed E-state index contributed by atoms with van der Waals surface area (Å²) in [6.07, 6.45) is 4.30. The van der Waals surface area contributed by atoms with Crippen LogP contribution in [0.25, 0.3) is 0 Å². The zero-order valence-corrected chi connectivity index (χ0v) is 15.6. The average molecular weight is 360 g/mol. The molecule has 0 fully saturated rings. The minimum absolute atomic E-state index is 0.181. The maximum atomic E-state index is 12.9. The molecule has 0 aliphatic carbocycles. The fourth-order valence-electron chi connectivity index (χ4n) is 2.88. The Hall–Kier alpha value is -3.06. The maximum absolute atomic E-state index is 12.9. The van der Waals surface area contributed by atoms with Crippen LogP contribution in [0.2, 0.25) is 0 Å². The molecule has 0 saturated heterocycles. The van der Waals surface area contributed by atoms with E-state index in [0.717, 1.165) is 24.0 Å². The number of carbonyl (C=O) groups excluding carboxylic acids is 1. The molecule has 0 aromatic heterocycles. The van der Waals surface area contributed by atoms with Crippen LogP contribution in [0.3, 0.4) is 0 Å². The molecule has 1 aliphatic rings. The number of benzene rings is 2. The van der Waals surface area contributed by atoms with Gasteiger partial charge in [-0.2, -0.15) is 0 Å². The van der Waals surface area contributed by atoms with E-state index in [1.54, 1.807) is 6.07 Å². The molecule has 1 heterocycles. The van der Waals surface area contributed by atoms with Crippen molar-refractivity contribution in [3.63, 3.8) is 0 Å². The van der Waals surface area contributed by atoms with Crippen molar-refractivity contribution >= 4 is 17.5 Å². The van der Waals surface area contributed by atoms with E-state index in [1.807, 2.05) is 42.5 Å². The summed E-state index contributed by atoms with van der Waals surface area (Å²) in [5.74, 6) is 6.73. The van der Waals surface area contributed by atoms with Crippen LogP contribution < -0.4 is 5.32 Å². The Morgan fingerprint density at radius 1 is 1.15 bits per heavy atom. The Balaban J connectivity index is 1.78. The number of hydrogen-bond acceptors (Lipinski definition) is 3. The van der Waals surface area contributed by atoms with Crippen molar-refractivity contribution in [2.75, 3.05) is 18.5 Å². The quantitative estimate of drug-likeness (QED) is 0.602. The third-order valence-electron chi connectivity index (χ3n) is 4.29. The van der Waals surface area contributed by atoms with Crippen molar-refractivity contribution in [1.82, 2.24) is 0 Å². The van der Waals surface area contributed by atoms with E-state index in [0.29, 0.717) is 30.3 Å². The summed E-state index contributed by atoms with van der Waals surface area (Å²) in [5.41, 5.74) is 2.81. The number of amides is 1. The summed E-state index contributed by atoms with van der Waals surface area (Å²) in [6, 6.07) is 15.0. The molecule has 3 rings (SSSR count). The molecule has 138 valence electrons. The minimum atomic E-state index is -0.181. The van der Waals surface area contributed by atoms with Crippen LogP contribution >= 0.6 is 0 Å². The van der Waals surface area contributed by atoms with Gasteiger partial charge in [0, 0.05) is 12.0 Å². The Kier molecular flexibility index (Phi) is 6.65. The number of rotatable bonds is 6. The first kappa shape index (κ1) is 18.7. The van der Waals surface area contributed by atoms with E-state index in [-0.39, 0.29) is 5.91 Å². The van der Waals surface area contributed by atoms with Gasteiger partial charge in [-0.25, -0.2) is 4.99 Å². The molecule has 27 heavy (non-hydrogen) atoms. The summed E-state index contributed by atoms with van der Waals surface area (Å²) in [4.78, 5) is 17.2. The number of ether oxygens (including phenoxy) is 1. The van der Waals surface area contributed by atoms with Gasteiger partial charge < -0.3 is 10.1 Å². The third-order valence-corrected chi connectivity index (χ3v) is 4.29. The van der Waals surface area contributed by atoms with E-state index in [9.17, 15) is 4.79 Å². The molecule has 1 aliphatic heterocycles. The van der Waals surface area contributed by atoms with Crippen LogP contribution in [0.1, 0.15) is 54.1 Å². The molecule has 0 saturated carbocycles. The second kappa shape index (κ2) is 9.59. The van der Waals surface area contributed by atoms with Crippen molar-refractivity contribution in [1.29, 1.82) is 0 Å². The molecule has 0 bridgehead atoms. The molecule has 0 radical (unpaired) electrons. The Morgan fingerprint density at radius 2 is 1.96 bits per heavy atom. The molecule has 2 aromatic rings. The molecular formula is C23H24N2O2. The van der Waals surface area contributed by atoms with Crippen LogP contribution in [0.15, 0.2) is 53.5 Å². The second-order valence-electron chi connectivity index (χ2n) is 6.34. The van der Waals surface area contributed by atoms with Gasteiger partial charge in [-0.1, -0.05) is 55.9 Å². The number of unbranched alkanes of at least 4 members (excludes halogenated alkanes) is 3. The van der Waals surface area contributed by atoms with Gasteiger partial charge in [-0.3, -0.25) is 4.79 Å². The molecule has 0 unspecified atom stereocenters. The van der Waals surface area contributed by atoms with Crippen molar-refractivity contribution in [3.8, 4) is 11.8 Å². The van der Waals surface area contributed by atoms with E-state index in [4.69, 9.17) is 4.74 Å². The van der Waals surface area contributed by atoms with E-state index >= 15 is 0 Å². The number of nitrogens with zero attached hydrogens (tertiary/aromatic N) is 1. The predicted octanol–water partition coefficient (Wildman–Crippen LogP) is 4.65.